The first kappa shape index (κ1) is 36.9. The fourth-order valence-electron chi connectivity index (χ4n) is 6.66. The summed E-state index contributed by atoms with van der Waals surface area (Å²) in [4.78, 5) is 14.6. The molecule has 4 N–H and O–H groups in total. The van der Waals surface area contributed by atoms with Gasteiger partial charge in [0.25, 0.3) is 0 Å². The zero-order valence-corrected chi connectivity index (χ0v) is 30.1. The highest BCUT2D eigenvalue weighted by molar-refractivity contribution is 5.74. The minimum absolute atomic E-state index is 0.00999. The number of urea groups is 1. The summed E-state index contributed by atoms with van der Waals surface area (Å²) in [5.41, 5.74) is 7.80. The molecule has 1 fully saturated rings. The molecule has 6 atom stereocenters. The zero-order chi connectivity index (χ0) is 36.5. The molecule has 0 aliphatic carbocycles. The number of likely N-dealkylation sites (N-methyl/N-ethyl adjacent to an activating group) is 1. The van der Waals surface area contributed by atoms with E-state index in [-0.39, 0.29) is 36.8 Å². The molecule has 0 unspecified atom stereocenters. The Balaban J connectivity index is 1.15. The Morgan fingerprint density at radius 3 is 2.02 bits per heavy atom. The highest BCUT2D eigenvalue weighted by Crippen LogP contribution is 2.42. The molecule has 270 valence electrons. The number of nitrogens with zero attached hydrogens (tertiary/aromatic N) is 1. The molecule has 6 rings (SSSR count). The standard InChI is InChI=1S/C44H49N3O5/c1-30-40(28-47(3)31(2)41(49)36-14-8-5-9-15-36)51-43(52-42(30)37-19-17-33(29-48)18-20-37)38-23-21-35(22-24-38)39-16-10-13-34(25-39)27-46-44(50)45-26-32-11-6-4-7-12-32/h4-25,30-31,40-43,48-49H,26-29H2,1-3H3,(H2,45,46,50)/t30-,31-,40+,41-,42+,43+/m1/s1. The third kappa shape index (κ3) is 9.33. The number of nitrogens with one attached hydrogen (secondary N) is 2. The lowest BCUT2D eigenvalue weighted by Gasteiger charge is -2.43. The van der Waals surface area contributed by atoms with E-state index in [1.807, 2.05) is 123 Å². The second-order valence-corrected chi connectivity index (χ2v) is 13.7. The minimum Gasteiger partial charge on any atom is -0.392 e. The van der Waals surface area contributed by atoms with Crippen molar-refractivity contribution >= 4 is 6.03 Å². The maximum atomic E-state index is 12.4. The van der Waals surface area contributed by atoms with Gasteiger partial charge in [-0.1, -0.05) is 134 Å². The predicted octanol–water partition coefficient (Wildman–Crippen LogP) is 7.69. The Kier molecular flexibility index (Phi) is 12.5. The van der Waals surface area contributed by atoms with Gasteiger partial charge in [0, 0.05) is 37.2 Å². The highest BCUT2D eigenvalue weighted by Gasteiger charge is 2.39. The van der Waals surface area contributed by atoms with Gasteiger partial charge in [0.2, 0.25) is 0 Å². The largest absolute Gasteiger partial charge is 0.392 e. The Morgan fingerprint density at radius 2 is 1.35 bits per heavy atom. The Hall–Kier alpha value is -4.83. The van der Waals surface area contributed by atoms with Gasteiger partial charge in [-0.05, 0) is 59.0 Å². The zero-order valence-electron chi connectivity index (χ0n) is 30.1. The topological polar surface area (TPSA) is 103 Å². The summed E-state index contributed by atoms with van der Waals surface area (Å²) in [5.74, 6) is 0.00999. The number of aliphatic hydroxyl groups is 2. The lowest BCUT2D eigenvalue weighted by atomic mass is 9.89. The smallest absolute Gasteiger partial charge is 0.315 e. The molecule has 1 heterocycles. The Bertz CT molecular complexity index is 1850. The van der Waals surface area contributed by atoms with Gasteiger partial charge in [-0.25, -0.2) is 4.79 Å². The fourth-order valence-corrected chi connectivity index (χ4v) is 6.66. The van der Waals surface area contributed by atoms with Crippen molar-refractivity contribution in [1.29, 1.82) is 0 Å². The van der Waals surface area contributed by atoms with Crippen LogP contribution in [0, 0.1) is 5.92 Å². The molecule has 0 aromatic heterocycles. The van der Waals surface area contributed by atoms with Crippen molar-refractivity contribution in [1.82, 2.24) is 15.5 Å². The number of rotatable bonds is 13. The van der Waals surface area contributed by atoms with Gasteiger partial charge in [-0.2, -0.15) is 0 Å². The summed E-state index contributed by atoms with van der Waals surface area (Å²) in [6.07, 6.45) is -1.68. The molecule has 5 aromatic rings. The third-order valence-corrected chi connectivity index (χ3v) is 10.1. The Morgan fingerprint density at radius 1 is 0.731 bits per heavy atom. The third-order valence-electron chi connectivity index (χ3n) is 10.1. The summed E-state index contributed by atoms with van der Waals surface area (Å²) >= 11 is 0. The maximum Gasteiger partial charge on any atom is 0.315 e. The van der Waals surface area contributed by atoms with Crippen LogP contribution in [-0.2, 0) is 29.2 Å². The number of hydrogen-bond acceptors (Lipinski definition) is 6. The van der Waals surface area contributed by atoms with Crippen molar-refractivity contribution in [3.8, 4) is 11.1 Å². The Labute approximate surface area is 307 Å². The fraction of sp³-hybridized carbons (Fsp3) is 0.295. The lowest BCUT2D eigenvalue weighted by molar-refractivity contribution is -0.276. The summed E-state index contributed by atoms with van der Waals surface area (Å²) in [7, 11) is 2.03. The first-order valence-electron chi connectivity index (χ1n) is 18.0. The summed E-state index contributed by atoms with van der Waals surface area (Å²) in [6.45, 7) is 5.64. The number of aliphatic hydroxyl groups excluding tert-OH is 2. The number of ether oxygens (including phenoxy) is 2. The van der Waals surface area contributed by atoms with Crippen LogP contribution < -0.4 is 10.6 Å². The predicted molar refractivity (Wildman–Crippen MR) is 204 cm³/mol. The van der Waals surface area contributed by atoms with Crippen molar-refractivity contribution in [2.75, 3.05) is 13.6 Å². The number of hydrogen-bond donors (Lipinski definition) is 4. The van der Waals surface area contributed by atoms with E-state index in [9.17, 15) is 15.0 Å². The molecule has 1 aliphatic rings. The van der Waals surface area contributed by atoms with Gasteiger partial charge < -0.3 is 30.3 Å². The molecule has 8 nitrogen and oxygen atoms in total. The van der Waals surface area contributed by atoms with Crippen LogP contribution in [0.15, 0.2) is 133 Å². The first-order valence-corrected chi connectivity index (χ1v) is 18.0. The second-order valence-electron chi connectivity index (χ2n) is 13.7. The molecule has 5 aromatic carbocycles. The van der Waals surface area contributed by atoms with Gasteiger partial charge in [-0.3, -0.25) is 4.90 Å². The SMILES string of the molecule is C[C@@H]1[C@H](CN(C)[C@H](C)[C@@H](O)c2ccccc2)O[C@H](c2ccc(-c3cccc(CNC(=O)NCc4ccccc4)c3)cc2)O[C@@H]1c1ccc(CO)cc1. The van der Waals surface area contributed by atoms with Crippen LogP contribution in [0.25, 0.3) is 11.1 Å². The van der Waals surface area contributed by atoms with E-state index < -0.39 is 12.4 Å². The van der Waals surface area contributed by atoms with Gasteiger partial charge in [0.1, 0.15) is 0 Å². The van der Waals surface area contributed by atoms with Crippen LogP contribution in [0.5, 0.6) is 0 Å². The molecule has 8 heteroatoms. The van der Waals surface area contributed by atoms with Crippen LogP contribution >= 0.6 is 0 Å². The van der Waals surface area contributed by atoms with Crippen molar-refractivity contribution in [2.24, 2.45) is 5.92 Å². The normalized spacial score (nSPS) is 19.9. The van der Waals surface area contributed by atoms with Crippen LogP contribution in [0.1, 0.15) is 65.7 Å². The van der Waals surface area contributed by atoms with Crippen LogP contribution in [0.4, 0.5) is 4.79 Å². The quantitative estimate of drug-likeness (QED) is 0.101. The van der Waals surface area contributed by atoms with E-state index in [1.165, 1.54) is 0 Å². The van der Waals surface area contributed by atoms with Crippen LogP contribution in [-0.4, -0.2) is 46.9 Å². The summed E-state index contributed by atoms with van der Waals surface area (Å²) in [5, 5.41) is 26.7. The van der Waals surface area contributed by atoms with E-state index >= 15 is 0 Å². The molecule has 1 saturated heterocycles. The van der Waals surface area contributed by atoms with Gasteiger partial charge in [0.15, 0.2) is 6.29 Å². The molecular formula is C44H49N3O5. The molecule has 0 radical (unpaired) electrons. The van der Waals surface area contributed by atoms with E-state index in [2.05, 4.69) is 46.7 Å². The molecule has 0 spiro atoms. The number of carbonyl (C=O) groups is 1. The number of carbonyl (C=O) groups excluding carboxylic acids is 1. The van der Waals surface area contributed by atoms with Gasteiger partial charge in [-0.15, -0.1) is 0 Å². The van der Waals surface area contributed by atoms with E-state index in [1.54, 1.807) is 0 Å². The van der Waals surface area contributed by atoms with Gasteiger partial charge in [0.05, 0.1) is 24.9 Å². The number of benzene rings is 5. The van der Waals surface area contributed by atoms with E-state index in [4.69, 9.17) is 9.47 Å². The average molecular weight is 700 g/mol. The van der Waals surface area contributed by atoms with Crippen molar-refractivity contribution in [3.63, 3.8) is 0 Å². The first-order chi connectivity index (χ1) is 25.3. The molecule has 0 bridgehead atoms. The second kappa shape index (κ2) is 17.6. The van der Waals surface area contributed by atoms with Crippen molar-refractivity contribution in [2.45, 2.75) is 64.2 Å². The average Bonchev–Trinajstić information content (AvgIpc) is 3.20. The van der Waals surface area contributed by atoms with Crippen molar-refractivity contribution in [3.05, 3.63) is 167 Å². The minimum atomic E-state index is -0.641. The lowest BCUT2D eigenvalue weighted by Crippen LogP contribution is -2.46. The van der Waals surface area contributed by atoms with Crippen molar-refractivity contribution < 1.29 is 24.5 Å². The maximum absolute atomic E-state index is 12.4. The summed E-state index contributed by atoms with van der Waals surface area (Å²) in [6, 6.07) is 43.5. The molecule has 0 saturated carbocycles. The molecule has 52 heavy (non-hydrogen) atoms. The molecule has 2 amide bonds. The van der Waals surface area contributed by atoms with Gasteiger partial charge >= 0.3 is 6.03 Å². The number of amides is 2. The molecule has 1 aliphatic heterocycles. The van der Waals surface area contributed by atoms with E-state index in [0.29, 0.717) is 19.6 Å². The molecular weight excluding hydrogens is 651 g/mol. The summed E-state index contributed by atoms with van der Waals surface area (Å²) < 4.78 is 13.4. The monoisotopic (exact) mass is 699 g/mol. The van der Waals surface area contributed by atoms with E-state index in [0.717, 1.165) is 44.5 Å². The highest BCUT2D eigenvalue weighted by atomic mass is 16.7. The van der Waals surface area contributed by atoms with Crippen LogP contribution in [0.2, 0.25) is 0 Å². The van der Waals surface area contributed by atoms with Crippen LogP contribution in [0.3, 0.4) is 0 Å².